The molecule has 1 spiro atoms. The number of fused-ring (bicyclic) bond motifs is 6. The van der Waals surface area contributed by atoms with Crippen LogP contribution < -0.4 is 21.5 Å². The van der Waals surface area contributed by atoms with E-state index in [1.165, 1.54) is 48.7 Å². The molecule has 40 heavy (non-hydrogen) atoms. The molecule has 5 N–H and O–H groups in total. The van der Waals surface area contributed by atoms with Crippen LogP contribution in [0.4, 0.5) is 5.82 Å². The Labute approximate surface area is 225 Å². The van der Waals surface area contributed by atoms with E-state index in [4.69, 9.17) is 15.2 Å². The topological polar surface area (TPSA) is 183 Å². The molecular weight excluding hydrogens is 520 g/mol. The fraction of sp³-hybridized carbons (Fsp3) is 0.107. The predicted octanol–water partition coefficient (Wildman–Crippen LogP) is 1.93. The molecule has 1 amide bonds. The molecule has 0 fully saturated rings. The molecule has 12 nitrogen and oxygen atoms in total. The average Bonchev–Trinajstić information content (AvgIpc) is 3.21. The van der Waals surface area contributed by atoms with Gasteiger partial charge in [-0.25, -0.2) is 9.59 Å². The van der Waals surface area contributed by atoms with Crippen molar-refractivity contribution in [1.29, 1.82) is 0 Å². The highest BCUT2D eigenvalue weighted by Crippen LogP contribution is 2.57. The minimum absolute atomic E-state index is 0.0802. The van der Waals surface area contributed by atoms with Crippen LogP contribution in [0, 0.1) is 0 Å². The highest BCUT2D eigenvalue weighted by molar-refractivity contribution is 6.00. The number of hydrogen-bond donors (Lipinski definition) is 4. The van der Waals surface area contributed by atoms with Gasteiger partial charge in [-0.2, -0.15) is 4.98 Å². The van der Waals surface area contributed by atoms with Gasteiger partial charge in [0.05, 0.1) is 12.1 Å². The summed E-state index contributed by atoms with van der Waals surface area (Å²) in [6.45, 7) is -0.303. The number of anilines is 1. The molecule has 0 radical (unpaired) electrons. The molecule has 0 bridgehead atoms. The zero-order valence-electron chi connectivity index (χ0n) is 20.6. The van der Waals surface area contributed by atoms with E-state index in [1.807, 2.05) is 0 Å². The lowest BCUT2D eigenvalue weighted by molar-refractivity contribution is -0.108. The SMILES string of the molecule is Nc1nc(=O)n(CC=O)cc1CNC(=O)c1ccc2c(c1)C1(OC2=O)c2ccc(O)cc2Oc2cc(O)ccc21. The Balaban J connectivity index is 1.41. The fourth-order valence-electron chi connectivity index (χ4n) is 5.01. The van der Waals surface area contributed by atoms with Gasteiger partial charge in [-0.1, -0.05) is 0 Å². The van der Waals surface area contributed by atoms with Crippen LogP contribution in [0.25, 0.3) is 0 Å². The number of aromatic nitrogens is 2. The van der Waals surface area contributed by atoms with E-state index in [2.05, 4.69) is 10.3 Å². The van der Waals surface area contributed by atoms with Crippen LogP contribution in [0.2, 0.25) is 0 Å². The third kappa shape index (κ3) is 3.73. The van der Waals surface area contributed by atoms with Crippen molar-refractivity contribution >= 4 is 24.0 Å². The van der Waals surface area contributed by atoms with Crippen molar-refractivity contribution in [1.82, 2.24) is 14.9 Å². The number of esters is 1. The second kappa shape index (κ2) is 8.98. The Morgan fingerprint density at radius 3 is 2.33 bits per heavy atom. The van der Waals surface area contributed by atoms with Crippen molar-refractivity contribution in [3.05, 3.63) is 105 Å². The van der Waals surface area contributed by atoms with Crippen LogP contribution in [-0.4, -0.2) is 37.9 Å². The highest BCUT2D eigenvalue weighted by Gasteiger charge is 2.53. The van der Waals surface area contributed by atoms with Gasteiger partial charge in [-0.05, 0) is 42.5 Å². The predicted molar refractivity (Wildman–Crippen MR) is 138 cm³/mol. The van der Waals surface area contributed by atoms with E-state index in [-0.39, 0.29) is 53.0 Å². The summed E-state index contributed by atoms with van der Waals surface area (Å²) in [7, 11) is 0. The first-order chi connectivity index (χ1) is 19.2. The molecule has 12 heteroatoms. The molecule has 6 rings (SSSR count). The van der Waals surface area contributed by atoms with E-state index in [9.17, 15) is 29.4 Å². The monoisotopic (exact) mass is 540 g/mol. The molecule has 0 unspecified atom stereocenters. The number of aldehydes is 1. The van der Waals surface area contributed by atoms with Crippen LogP contribution in [0.15, 0.2) is 65.6 Å². The molecule has 0 atom stereocenters. The number of phenols is 2. The third-order valence-corrected chi connectivity index (χ3v) is 6.85. The number of nitrogens with two attached hydrogens (primary N) is 1. The smallest absolute Gasteiger partial charge is 0.349 e. The Kier molecular flexibility index (Phi) is 5.54. The molecule has 2 aliphatic rings. The molecule has 200 valence electrons. The van der Waals surface area contributed by atoms with Crippen molar-refractivity contribution in [2.24, 2.45) is 0 Å². The number of ether oxygens (including phenoxy) is 2. The van der Waals surface area contributed by atoms with Gasteiger partial charge in [0.15, 0.2) is 5.60 Å². The Bertz CT molecular complexity index is 1760. The maximum Gasteiger partial charge on any atom is 0.349 e. The normalized spacial score (nSPS) is 13.9. The summed E-state index contributed by atoms with van der Waals surface area (Å²) >= 11 is 0. The summed E-state index contributed by atoms with van der Waals surface area (Å²) < 4.78 is 13.0. The Morgan fingerprint density at radius 1 is 1.00 bits per heavy atom. The molecular formula is C28H20N4O8. The Hall–Kier alpha value is -5.65. The molecule has 0 aliphatic carbocycles. The van der Waals surface area contributed by atoms with Crippen LogP contribution in [0.1, 0.15) is 43.0 Å². The first-order valence-electron chi connectivity index (χ1n) is 12.0. The maximum atomic E-state index is 13.2. The largest absolute Gasteiger partial charge is 0.508 e. The minimum Gasteiger partial charge on any atom is -0.508 e. The number of hydrogen-bond acceptors (Lipinski definition) is 10. The molecule has 3 aromatic carbocycles. The van der Waals surface area contributed by atoms with Gasteiger partial charge in [0.2, 0.25) is 0 Å². The lowest BCUT2D eigenvalue weighted by Gasteiger charge is -2.36. The summed E-state index contributed by atoms with van der Waals surface area (Å²) in [6.07, 6.45) is 1.89. The molecule has 4 aromatic rings. The molecule has 3 heterocycles. The number of nitrogens with zero attached hydrogens (tertiary/aromatic N) is 2. The minimum atomic E-state index is -1.52. The van der Waals surface area contributed by atoms with E-state index in [0.717, 1.165) is 4.57 Å². The Morgan fingerprint density at radius 2 is 1.68 bits per heavy atom. The molecule has 2 aliphatic heterocycles. The number of nitrogens with one attached hydrogen (secondary N) is 1. The van der Waals surface area contributed by atoms with Gasteiger partial charge in [-0.3, -0.25) is 9.36 Å². The van der Waals surface area contributed by atoms with E-state index >= 15 is 0 Å². The van der Waals surface area contributed by atoms with Crippen molar-refractivity contribution < 1.29 is 34.1 Å². The second-order valence-corrected chi connectivity index (χ2v) is 9.23. The average molecular weight is 540 g/mol. The van der Waals surface area contributed by atoms with E-state index in [1.54, 1.807) is 12.1 Å². The zero-order valence-corrected chi connectivity index (χ0v) is 20.6. The first kappa shape index (κ1) is 24.7. The van der Waals surface area contributed by atoms with Gasteiger partial charge in [0.1, 0.15) is 35.1 Å². The van der Waals surface area contributed by atoms with Crippen molar-refractivity contribution in [2.75, 3.05) is 5.73 Å². The number of benzene rings is 3. The summed E-state index contributed by atoms with van der Waals surface area (Å²) in [5.41, 5.74) is 5.59. The van der Waals surface area contributed by atoms with Crippen molar-refractivity contribution in [3.63, 3.8) is 0 Å². The van der Waals surface area contributed by atoms with Gasteiger partial charge >= 0.3 is 11.7 Å². The standard InChI is InChI=1S/C28H20N4O8/c29-24-15(13-32(7-8-33)27(38)31-24)12-30-25(36)14-1-4-18-21(9-14)28(40-26(18)37)19-5-2-16(34)10-22(19)39-23-11-17(35)3-6-20(23)28/h1-6,8-11,13,34-35H,7,12H2,(H,30,36)(H2,29,31,38). The van der Waals surface area contributed by atoms with E-state index < -0.39 is 23.2 Å². The molecule has 0 saturated heterocycles. The van der Waals surface area contributed by atoms with Gasteiger partial charge in [0, 0.05) is 52.7 Å². The second-order valence-electron chi connectivity index (χ2n) is 9.23. The summed E-state index contributed by atoms with van der Waals surface area (Å²) in [5.74, 6) is -0.968. The van der Waals surface area contributed by atoms with Crippen LogP contribution >= 0.6 is 0 Å². The van der Waals surface area contributed by atoms with Crippen LogP contribution in [-0.2, 0) is 28.2 Å². The number of carbonyl (C=O) groups is 3. The maximum absolute atomic E-state index is 13.2. The van der Waals surface area contributed by atoms with Crippen molar-refractivity contribution in [2.45, 2.75) is 18.7 Å². The summed E-state index contributed by atoms with van der Waals surface area (Å²) in [6, 6.07) is 13.2. The fourth-order valence-corrected chi connectivity index (χ4v) is 5.01. The summed E-state index contributed by atoms with van der Waals surface area (Å²) in [4.78, 5) is 52.7. The van der Waals surface area contributed by atoms with Crippen LogP contribution in [0.5, 0.6) is 23.0 Å². The number of nitrogen functional groups attached to an aromatic ring is 1. The molecule has 0 saturated carbocycles. The highest BCUT2D eigenvalue weighted by atomic mass is 16.6. The zero-order chi connectivity index (χ0) is 28.2. The number of amides is 1. The summed E-state index contributed by atoms with van der Waals surface area (Å²) in [5, 5.41) is 22.9. The number of carbonyl (C=O) groups excluding carboxylic acids is 3. The number of aromatic hydroxyl groups is 2. The van der Waals surface area contributed by atoms with Crippen molar-refractivity contribution in [3.8, 4) is 23.0 Å². The number of phenolic OH excluding ortho intramolecular Hbond substituents is 2. The third-order valence-electron chi connectivity index (χ3n) is 6.85. The lowest BCUT2D eigenvalue weighted by atomic mass is 9.77. The van der Waals surface area contributed by atoms with E-state index in [0.29, 0.717) is 28.5 Å². The number of rotatable bonds is 5. The quantitative estimate of drug-likeness (QED) is 0.215. The lowest BCUT2D eigenvalue weighted by Crippen LogP contribution is -2.33. The van der Waals surface area contributed by atoms with Crippen LogP contribution in [0.3, 0.4) is 0 Å². The first-order valence-corrected chi connectivity index (χ1v) is 12.0. The molecule has 1 aromatic heterocycles. The van der Waals surface area contributed by atoms with Gasteiger partial charge in [0.25, 0.3) is 5.91 Å². The van der Waals surface area contributed by atoms with Gasteiger partial charge in [-0.15, -0.1) is 0 Å². The van der Waals surface area contributed by atoms with Gasteiger partial charge < -0.3 is 35.5 Å².